The lowest BCUT2D eigenvalue weighted by Crippen LogP contribution is -2.02. The van der Waals surface area contributed by atoms with E-state index in [0.29, 0.717) is 0 Å². The molecule has 0 saturated carbocycles. The molecule has 0 bridgehead atoms. The van der Waals surface area contributed by atoms with E-state index < -0.39 is 0 Å². The predicted molar refractivity (Wildman–Crippen MR) is 72.5 cm³/mol. The highest BCUT2D eigenvalue weighted by Gasteiger charge is 1.99. The van der Waals surface area contributed by atoms with Crippen molar-refractivity contribution in [3.05, 3.63) is 30.5 Å². The average molecular weight is 232 g/mol. The number of nitrogens with zero attached hydrogens (tertiary/aromatic N) is 1. The quantitative estimate of drug-likeness (QED) is 0.775. The standard InChI is InChI=1S/C14H20N2O/c1-16-9-7-12-11-13(5-6-14(12)16)15-8-3-4-10-17-2/h5-7,9,11,15H,3-4,8,10H2,1-2H3. The first-order chi connectivity index (χ1) is 8.31. The van der Waals surface area contributed by atoms with Gasteiger partial charge in [0.25, 0.3) is 0 Å². The Morgan fingerprint density at radius 1 is 1.24 bits per heavy atom. The molecule has 1 aromatic heterocycles. The van der Waals surface area contributed by atoms with Gasteiger partial charge in [-0.3, -0.25) is 0 Å². The van der Waals surface area contributed by atoms with E-state index in [1.54, 1.807) is 7.11 Å². The largest absolute Gasteiger partial charge is 0.385 e. The van der Waals surface area contributed by atoms with Crippen LogP contribution >= 0.6 is 0 Å². The third-order valence-corrected chi connectivity index (χ3v) is 2.99. The van der Waals surface area contributed by atoms with Gasteiger partial charge in [-0.15, -0.1) is 0 Å². The molecule has 0 amide bonds. The number of unbranched alkanes of at least 4 members (excludes halogenated alkanes) is 1. The number of ether oxygens (including phenoxy) is 1. The van der Waals surface area contributed by atoms with Crippen LogP contribution in [0.15, 0.2) is 30.5 Å². The van der Waals surface area contributed by atoms with Gasteiger partial charge in [-0.1, -0.05) is 0 Å². The van der Waals surface area contributed by atoms with Crippen LogP contribution in [0.4, 0.5) is 5.69 Å². The van der Waals surface area contributed by atoms with Crippen LogP contribution < -0.4 is 5.32 Å². The van der Waals surface area contributed by atoms with Gasteiger partial charge in [-0.2, -0.15) is 0 Å². The van der Waals surface area contributed by atoms with Crippen LogP contribution in [0.25, 0.3) is 10.9 Å². The Morgan fingerprint density at radius 3 is 2.94 bits per heavy atom. The molecule has 2 aromatic rings. The van der Waals surface area contributed by atoms with Crippen molar-refractivity contribution in [2.45, 2.75) is 12.8 Å². The average Bonchev–Trinajstić information content (AvgIpc) is 2.71. The summed E-state index contributed by atoms with van der Waals surface area (Å²) in [6.07, 6.45) is 4.34. The zero-order valence-corrected chi connectivity index (χ0v) is 10.6. The van der Waals surface area contributed by atoms with Gasteiger partial charge >= 0.3 is 0 Å². The normalized spacial score (nSPS) is 10.9. The van der Waals surface area contributed by atoms with Crippen LogP contribution in [0.1, 0.15) is 12.8 Å². The Morgan fingerprint density at radius 2 is 2.12 bits per heavy atom. The number of hydrogen-bond donors (Lipinski definition) is 1. The molecule has 17 heavy (non-hydrogen) atoms. The minimum absolute atomic E-state index is 0.847. The number of rotatable bonds is 6. The summed E-state index contributed by atoms with van der Waals surface area (Å²) in [7, 11) is 3.82. The maximum atomic E-state index is 5.02. The van der Waals surface area contributed by atoms with Gasteiger partial charge in [0.1, 0.15) is 0 Å². The summed E-state index contributed by atoms with van der Waals surface area (Å²) in [5, 5.41) is 4.73. The summed E-state index contributed by atoms with van der Waals surface area (Å²) in [5.41, 5.74) is 2.47. The second kappa shape index (κ2) is 5.73. The highest BCUT2D eigenvalue weighted by atomic mass is 16.5. The molecule has 0 aliphatic heterocycles. The van der Waals surface area contributed by atoms with E-state index in [2.05, 4.69) is 47.4 Å². The number of anilines is 1. The van der Waals surface area contributed by atoms with E-state index in [1.165, 1.54) is 16.6 Å². The minimum atomic E-state index is 0.847. The third-order valence-electron chi connectivity index (χ3n) is 2.99. The smallest absolute Gasteiger partial charge is 0.0479 e. The Hall–Kier alpha value is -1.48. The van der Waals surface area contributed by atoms with Gasteiger partial charge in [0, 0.05) is 50.1 Å². The second-order valence-electron chi connectivity index (χ2n) is 4.33. The van der Waals surface area contributed by atoms with Crippen molar-refractivity contribution in [2.24, 2.45) is 7.05 Å². The predicted octanol–water partition coefficient (Wildman–Crippen LogP) is 3.02. The molecular formula is C14H20N2O. The van der Waals surface area contributed by atoms with Crippen molar-refractivity contribution < 1.29 is 4.74 Å². The molecule has 0 aliphatic rings. The molecule has 0 unspecified atom stereocenters. The molecular weight excluding hydrogens is 212 g/mol. The molecule has 1 N–H and O–H groups in total. The van der Waals surface area contributed by atoms with E-state index in [4.69, 9.17) is 4.74 Å². The summed E-state index contributed by atoms with van der Waals surface area (Å²) in [4.78, 5) is 0. The fourth-order valence-electron chi connectivity index (χ4n) is 2.00. The number of fused-ring (bicyclic) bond motifs is 1. The lowest BCUT2D eigenvalue weighted by Gasteiger charge is -2.06. The number of aryl methyl sites for hydroxylation is 1. The van der Waals surface area contributed by atoms with E-state index in [9.17, 15) is 0 Å². The Bertz CT molecular complexity index is 476. The summed E-state index contributed by atoms with van der Waals surface area (Å²) < 4.78 is 7.16. The van der Waals surface area contributed by atoms with Crippen LogP contribution in [0.2, 0.25) is 0 Å². The van der Waals surface area contributed by atoms with Gasteiger partial charge in [0.05, 0.1) is 0 Å². The molecule has 0 saturated heterocycles. The van der Waals surface area contributed by atoms with Gasteiger partial charge in [-0.25, -0.2) is 0 Å². The first kappa shape index (κ1) is 12.0. The molecule has 3 nitrogen and oxygen atoms in total. The van der Waals surface area contributed by atoms with Gasteiger partial charge in [0.15, 0.2) is 0 Å². The molecule has 0 atom stereocenters. The molecule has 0 spiro atoms. The lowest BCUT2D eigenvalue weighted by molar-refractivity contribution is 0.194. The van der Waals surface area contributed by atoms with Gasteiger partial charge < -0.3 is 14.6 Å². The lowest BCUT2D eigenvalue weighted by atomic mass is 10.2. The monoisotopic (exact) mass is 232 g/mol. The zero-order chi connectivity index (χ0) is 12.1. The van der Waals surface area contributed by atoms with Gasteiger partial charge in [0.2, 0.25) is 0 Å². The van der Waals surface area contributed by atoms with Crippen LogP contribution in [-0.4, -0.2) is 24.8 Å². The SMILES string of the molecule is COCCCCNc1ccc2c(ccn2C)c1. The number of hydrogen-bond acceptors (Lipinski definition) is 2. The Balaban J connectivity index is 1.91. The van der Waals surface area contributed by atoms with E-state index in [-0.39, 0.29) is 0 Å². The fourth-order valence-corrected chi connectivity index (χ4v) is 2.00. The maximum absolute atomic E-state index is 5.02. The summed E-state index contributed by atoms with van der Waals surface area (Å²) in [6, 6.07) is 8.64. The van der Waals surface area contributed by atoms with Gasteiger partial charge in [-0.05, 0) is 37.1 Å². The fraction of sp³-hybridized carbons (Fsp3) is 0.429. The molecule has 0 fully saturated rings. The topological polar surface area (TPSA) is 26.2 Å². The first-order valence-corrected chi connectivity index (χ1v) is 6.09. The molecule has 2 rings (SSSR count). The summed E-state index contributed by atoms with van der Waals surface area (Å²) in [5.74, 6) is 0. The van der Waals surface area contributed by atoms with Crippen molar-refractivity contribution in [3.8, 4) is 0 Å². The van der Waals surface area contributed by atoms with E-state index >= 15 is 0 Å². The number of methoxy groups -OCH3 is 1. The number of nitrogens with one attached hydrogen (secondary N) is 1. The van der Waals surface area contributed by atoms with Crippen molar-refractivity contribution in [3.63, 3.8) is 0 Å². The molecule has 3 heteroatoms. The van der Waals surface area contributed by atoms with Crippen molar-refractivity contribution in [2.75, 3.05) is 25.6 Å². The molecule has 0 aliphatic carbocycles. The molecule has 1 aromatic carbocycles. The highest BCUT2D eigenvalue weighted by Crippen LogP contribution is 2.19. The first-order valence-electron chi connectivity index (χ1n) is 6.09. The van der Waals surface area contributed by atoms with E-state index in [0.717, 1.165) is 26.0 Å². The number of benzene rings is 1. The molecule has 0 radical (unpaired) electrons. The van der Waals surface area contributed by atoms with E-state index in [1.807, 2.05) is 0 Å². The summed E-state index contributed by atoms with van der Waals surface area (Å²) >= 11 is 0. The molecule has 1 heterocycles. The Labute approximate surface area is 102 Å². The third kappa shape index (κ3) is 3.01. The zero-order valence-electron chi connectivity index (χ0n) is 10.6. The van der Waals surface area contributed by atoms with Crippen LogP contribution in [0.5, 0.6) is 0 Å². The Kier molecular flexibility index (Phi) is 4.04. The van der Waals surface area contributed by atoms with Crippen molar-refractivity contribution in [1.29, 1.82) is 0 Å². The minimum Gasteiger partial charge on any atom is -0.385 e. The second-order valence-corrected chi connectivity index (χ2v) is 4.33. The molecule has 92 valence electrons. The van der Waals surface area contributed by atoms with Crippen LogP contribution in [-0.2, 0) is 11.8 Å². The van der Waals surface area contributed by atoms with Crippen LogP contribution in [0, 0.1) is 0 Å². The highest BCUT2D eigenvalue weighted by molar-refractivity contribution is 5.83. The summed E-state index contributed by atoms with van der Waals surface area (Å²) in [6.45, 7) is 1.85. The maximum Gasteiger partial charge on any atom is 0.0479 e. The number of aromatic nitrogens is 1. The van der Waals surface area contributed by atoms with Crippen molar-refractivity contribution in [1.82, 2.24) is 4.57 Å². The van der Waals surface area contributed by atoms with Crippen LogP contribution in [0.3, 0.4) is 0 Å². The van der Waals surface area contributed by atoms with Crippen molar-refractivity contribution >= 4 is 16.6 Å².